The molecule has 0 bridgehead atoms. The molecule has 1 saturated heterocycles. The van der Waals surface area contributed by atoms with Crippen LogP contribution in [0.15, 0.2) is 41.2 Å². The van der Waals surface area contributed by atoms with Gasteiger partial charge < -0.3 is 19.4 Å². The van der Waals surface area contributed by atoms with Crippen molar-refractivity contribution >= 4 is 11.7 Å². The third-order valence-electron chi connectivity index (χ3n) is 4.06. The predicted molar refractivity (Wildman–Crippen MR) is 84.1 cm³/mol. The minimum absolute atomic E-state index is 0.238. The fourth-order valence-corrected chi connectivity index (χ4v) is 3.01. The quantitative estimate of drug-likeness (QED) is 0.912. The molecular formula is C16H20N4O3. The Balaban J connectivity index is 1.67. The van der Waals surface area contributed by atoms with Crippen LogP contribution in [-0.4, -0.2) is 58.3 Å². The Kier molecular flexibility index (Phi) is 4.29. The highest BCUT2D eigenvalue weighted by Gasteiger charge is 2.36. The van der Waals surface area contributed by atoms with Crippen molar-refractivity contribution in [3.8, 4) is 0 Å². The van der Waals surface area contributed by atoms with Crippen LogP contribution in [0.4, 0.5) is 5.82 Å². The number of likely N-dealkylation sites (N-methyl/N-ethyl adjacent to an activating group) is 1. The third-order valence-corrected chi connectivity index (χ3v) is 4.06. The zero-order valence-corrected chi connectivity index (χ0v) is 13.1. The molecule has 3 heterocycles. The predicted octanol–water partition coefficient (Wildman–Crippen LogP) is 1.17. The van der Waals surface area contributed by atoms with Crippen molar-refractivity contribution in [3.63, 3.8) is 0 Å². The van der Waals surface area contributed by atoms with Crippen molar-refractivity contribution in [2.24, 2.45) is 0 Å². The molecule has 1 N–H and O–H groups in total. The third kappa shape index (κ3) is 3.50. The van der Waals surface area contributed by atoms with Crippen LogP contribution in [0, 0.1) is 0 Å². The average Bonchev–Trinajstić information content (AvgIpc) is 3.09. The molecule has 0 aromatic carbocycles. The van der Waals surface area contributed by atoms with Gasteiger partial charge in [0.05, 0.1) is 12.1 Å². The molecule has 3 rings (SSSR count). The number of hydrogen-bond donors (Lipinski definition) is 1. The highest BCUT2D eigenvalue weighted by molar-refractivity contribution is 5.91. The Labute approximate surface area is 134 Å². The van der Waals surface area contributed by atoms with Gasteiger partial charge in [0.1, 0.15) is 12.1 Å². The van der Waals surface area contributed by atoms with Gasteiger partial charge in [-0.1, -0.05) is 11.2 Å². The molecule has 0 radical (unpaired) electrons. The molecule has 2 aromatic rings. The van der Waals surface area contributed by atoms with Gasteiger partial charge in [-0.3, -0.25) is 4.79 Å². The van der Waals surface area contributed by atoms with Gasteiger partial charge in [0, 0.05) is 32.4 Å². The van der Waals surface area contributed by atoms with Crippen molar-refractivity contribution in [3.05, 3.63) is 42.4 Å². The Morgan fingerprint density at radius 1 is 1.48 bits per heavy atom. The number of carbonyl (C=O) groups is 1. The summed E-state index contributed by atoms with van der Waals surface area (Å²) in [4.78, 5) is 20.1. The summed E-state index contributed by atoms with van der Waals surface area (Å²) in [5, 5.41) is 14.6. The fraction of sp³-hybridized carbons (Fsp3) is 0.438. The first-order chi connectivity index (χ1) is 11.1. The van der Waals surface area contributed by atoms with Gasteiger partial charge in [0.15, 0.2) is 5.69 Å². The van der Waals surface area contributed by atoms with Crippen LogP contribution >= 0.6 is 0 Å². The Bertz CT molecular complexity index is 647. The van der Waals surface area contributed by atoms with Crippen LogP contribution in [0.2, 0.25) is 0 Å². The second kappa shape index (κ2) is 6.37. The van der Waals surface area contributed by atoms with E-state index in [4.69, 9.17) is 4.52 Å². The van der Waals surface area contributed by atoms with E-state index in [9.17, 15) is 9.90 Å². The van der Waals surface area contributed by atoms with Gasteiger partial charge in [0.25, 0.3) is 5.91 Å². The van der Waals surface area contributed by atoms with Crippen LogP contribution in [0.25, 0.3) is 0 Å². The summed E-state index contributed by atoms with van der Waals surface area (Å²) in [6, 6.07) is 7.24. The molecular weight excluding hydrogens is 296 g/mol. The van der Waals surface area contributed by atoms with Crippen molar-refractivity contribution in [1.82, 2.24) is 15.0 Å². The summed E-state index contributed by atoms with van der Waals surface area (Å²) < 4.78 is 4.70. The normalized spacial score (nSPS) is 21.2. The zero-order valence-electron chi connectivity index (χ0n) is 13.1. The van der Waals surface area contributed by atoms with E-state index in [1.165, 1.54) is 17.2 Å². The first-order valence-electron chi connectivity index (χ1n) is 7.62. The van der Waals surface area contributed by atoms with E-state index in [0.29, 0.717) is 13.0 Å². The molecule has 1 aliphatic rings. The van der Waals surface area contributed by atoms with E-state index >= 15 is 0 Å². The standard InChI is InChI=1S/C16H20N4O3/c1-19(15(21)13-6-10-23-18-13)11-16(22)7-4-9-20(12-16)14-5-2-3-8-17-14/h2-3,5-6,8,10,22H,4,7,9,11-12H2,1H3. The Morgan fingerprint density at radius 2 is 2.35 bits per heavy atom. The number of aromatic nitrogens is 2. The number of nitrogens with zero attached hydrogens (tertiary/aromatic N) is 4. The maximum Gasteiger partial charge on any atom is 0.275 e. The summed E-state index contributed by atoms with van der Waals surface area (Å²) in [6.07, 6.45) is 4.59. The highest BCUT2D eigenvalue weighted by Crippen LogP contribution is 2.25. The summed E-state index contributed by atoms with van der Waals surface area (Å²) in [6.45, 7) is 1.53. The van der Waals surface area contributed by atoms with Crippen LogP contribution in [0.5, 0.6) is 0 Å². The van der Waals surface area contributed by atoms with Gasteiger partial charge in [0.2, 0.25) is 0 Å². The van der Waals surface area contributed by atoms with Crippen LogP contribution < -0.4 is 4.90 Å². The lowest BCUT2D eigenvalue weighted by Crippen LogP contribution is -2.54. The first kappa shape index (κ1) is 15.5. The fourth-order valence-electron chi connectivity index (χ4n) is 3.01. The zero-order chi connectivity index (χ0) is 16.3. The van der Waals surface area contributed by atoms with E-state index in [-0.39, 0.29) is 18.1 Å². The van der Waals surface area contributed by atoms with E-state index < -0.39 is 5.60 Å². The van der Waals surface area contributed by atoms with Crippen molar-refractivity contribution in [2.45, 2.75) is 18.4 Å². The van der Waals surface area contributed by atoms with Crippen LogP contribution in [-0.2, 0) is 0 Å². The maximum absolute atomic E-state index is 12.2. The molecule has 0 spiro atoms. The number of piperidine rings is 1. The highest BCUT2D eigenvalue weighted by atomic mass is 16.5. The molecule has 23 heavy (non-hydrogen) atoms. The molecule has 2 aromatic heterocycles. The molecule has 7 heteroatoms. The lowest BCUT2D eigenvalue weighted by atomic mass is 9.92. The van der Waals surface area contributed by atoms with Gasteiger partial charge in [-0.2, -0.15) is 0 Å². The Morgan fingerprint density at radius 3 is 3.04 bits per heavy atom. The number of pyridine rings is 1. The molecule has 1 aliphatic heterocycles. The number of anilines is 1. The van der Waals surface area contributed by atoms with E-state index in [1.54, 1.807) is 13.2 Å². The van der Waals surface area contributed by atoms with Crippen molar-refractivity contribution < 1.29 is 14.4 Å². The number of hydrogen-bond acceptors (Lipinski definition) is 6. The van der Waals surface area contributed by atoms with E-state index in [1.807, 2.05) is 18.2 Å². The minimum Gasteiger partial charge on any atom is -0.386 e. The smallest absolute Gasteiger partial charge is 0.275 e. The number of amides is 1. The lowest BCUT2D eigenvalue weighted by Gasteiger charge is -2.41. The summed E-state index contributed by atoms with van der Waals surface area (Å²) >= 11 is 0. The van der Waals surface area contributed by atoms with E-state index in [0.717, 1.165) is 18.8 Å². The van der Waals surface area contributed by atoms with Gasteiger partial charge in [-0.05, 0) is 25.0 Å². The SMILES string of the molecule is CN(CC1(O)CCCN(c2ccccn2)C1)C(=O)c1ccon1. The monoisotopic (exact) mass is 316 g/mol. The van der Waals surface area contributed by atoms with Crippen LogP contribution in [0.1, 0.15) is 23.3 Å². The molecule has 122 valence electrons. The molecule has 0 saturated carbocycles. The second-order valence-electron chi connectivity index (χ2n) is 5.98. The maximum atomic E-state index is 12.2. The molecule has 0 aliphatic carbocycles. The second-order valence-corrected chi connectivity index (χ2v) is 5.98. The number of β-amino-alcohol motifs (C(OH)–C–C–N with tert-alkyl or cyclic N) is 1. The summed E-state index contributed by atoms with van der Waals surface area (Å²) in [5.74, 6) is 0.582. The number of rotatable bonds is 4. The molecule has 1 amide bonds. The van der Waals surface area contributed by atoms with Crippen molar-refractivity contribution in [2.75, 3.05) is 31.6 Å². The van der Waals surface area contributed by atoms with Crippen LogP contribution in [0.3, 0.4) is 0 Å². The van der Waals surface area contributed by atoms with Gasteiger partial charge >= 0.3 is 0 Å². The molecule has 1 unspecified atom stereocenters. The van der Waals surface area contributed by atoms with Gasteiger partial charge in [-0.15, -0.1) is 0 Å². The van der Waals surface area contributed by atoms with Crippen molar-refractivity contribution in [1.29, 1.82) is 0 Å². The van der Waals surface area contributed by atoms with Gasteiger partial charge in [-0.25, -0.2) is 4.98 Å². The lowest BCUT2D eigenvalue weighted by molar-refractivity contribution is -0.000375. The topological polar surface area (TPSA) is 82.7 Å². The minimum atomic E-state index is -0.968. The first-order valence-corrected chi connectivity index (χ1v) is 7.62. The summed E-state index contributed by atoms with van der Waals surface area (Å²) in [5.41, 5.74) is -0.724. The summed E-state index contributed by atoms with van der Waals surface area (Å²) in [7, 11) is 1.66. The Hall–Kier alpha value is -2.41. The molecule has 1 atom stereocenters. The number of carbonyl (C=O) groups excluding carboxylic acids is 1. The molecule has 7 nitrogen and oxygen atoms in total. The van der Waals surface area contributed by atoms with E-state index in [2.05, 4.69) is 15.0 Å². The average molecular weight is 316 g/mol. The molecule has 1 fully saturated rings. The number of aliphatic hydroxyl groups is 1. The largest absolute Gasteiger partial charge is 0.386 e.